The molecule has 0 aliphatic rings. The summed E-state index contributed by atoms with van der Waals surface area (Å²) in [6.07, 6.45) is 0. The number of nitrogens with two attached hydrogens (primary N) is 2. The summed E-state index contributed by atoms with van der Waals surface area (Å²) in [5.41, 5.74) is 15.8. The molecule has 0 radical (unpaired) electrons. The SMILES string of the molecule is CC.CCNc1cc(O)c(C)cc1N.Cc1cc(C)c(S(=O)O)cc1N. The average molecular weight is 382 g/mol. The van der Waals surface area contributed by atoms with Gasteiger partial charge in [0.05, 0.1) is 16.3 Å². The number of hydrogen-bond acceptors (Lipinski definition) is 5. The van der Waals surface area contributed by atoms with Gasteiger partial charge < -0.3 is 26.4 Å². The summed E-state index contributed by atoms with van der Waals surface area (Å²) in [5.74, 6) is 0.278. The number of nitrogen functional groups attached to an aromatic ring is 2. The van der Waals surface area contributed by atoms with Crippen LogP contribution < -0.4 is 16.8 Å². The van der Waals surface area contributed by atoms with Crippen LogP contribution in [0.15, 0.2) is 29.2 Å². The molecule has 1 atom stereocenters. The number of benzene rings is 2. The third-order valence-electron chi connectivity index (χ3n) is 3.49. The van der Waals surface area contributed by atoms with Gasteiger partial charge in [-0.05, 0) is 56.5 Å². The summed E-state index contributed by atoms with van der Waals surface area (Å²) in [6.45, 7) is 12.3. The fraction of sp³-hybridized carbons (Fsp3) is 0.368. The second-order valence-corrected chi connectivity index (χ2v) is 6.42. The van der Waals surface area contributed by atoms with Crippen LogP contribution >= 0.6 is 0 Å². The number of anilines is 3. The molecule has 6 nitrogen and oxygen atoms in total. The number of phenolic OH excluding ortho intramolecular Hbond substituents is 1. The molecule has 0 aliphatic carbocycles. The average Bonchev–Trinajstić information content (AvgIpc) is 2.58. The smallest absolute Gasteiger partial charge is 0.186 e. The van der Waals surface area contributed by atoms with Gasteiger partial charge in [-0.25, -0.2) is 4.21 Å². The zero-order valence-electron chi connectivity index (χ0n) is 16.4. The molecule has 7 N–H and O–H groups in total. The van der Waals surface area contributed by atoms with Crippen LogP contribution in [0.3, 0.4) is 0 Å². The molecule has 1 unspecified atom stereocenters. The topological polar surface area (TPSA) is 122 Å². The van der Waals surface area contributed by atoms with Gasteiger partial charge in [-0.3, -0.25) is 0 Å². The highest BCUT2D eigenvalue weighted by Gasteiger charge is 2.06. The lowest BCUT2D eigenvalue weighted by Gasteiger charge is -2.08. The summed E-state index contributed by atoms with van der Waals surface area (Å²) >= 11 is -1.94. The van der Waals surface area contributed by atoms with E-state index in [2.05, 4.69) is 5.32 Å². The first-order chi connectivity index (χ1) is 12.2. The fourth-order valence-electron chi connectivity index (χ4n) is 2.10. The minimum atomic E-state index is -1.94. The molecule has 0 amide bonds. The summed E-state index contributed by atoms with van der Waals surface area (Å²) in [6, 6.07) is 6.75. The van der Waals surface area contributed by atoms with Gasteiger partial charge in [0, 0.05) is 18.3 Å². The largest absolute Gasteiger partial charge is 0.508 e. The normalized spacial score (nSPS) is 10.7. The number of rotatable bonds is 3. The van der Waals surface area contributed by atoms with Gasteiger partial charge in [-0.2, -0.15) is 0 Å². The highest BCUT2D eigenvalue weighted by molar-refractivity contribution is 7.79. The van der Waals surface area contributed by atoms with Gasteiger partial charge in [0.1, 0.15) is 5.75 Å². The first-order valence-corrected chi connectivity index (χ1v) is 9.58. The van der Waals surface area contributed by atoms with Crippen LogP contribution in [0.4, 0.5) is 17.1 Å². The van der Waals surface area contributed by atoms with Crippen molar-refractivity contribution in [1.82, 2.24) is 0 Å². The molecule has 0 fully saturated rings. The first-order valence-electron chi connectivity index (χ1n) is 8.47. The predicted molar refractivity (Wildman–Crippen MR) is 112 cm³/mol. The molecular weight excluding hydrogens is 350 g/mol. The van der Waals surface area contributed by atoms with Crippen LogP contribution in [0.25, 0.3) is 0 Å². The second kappa shape index (κ2) is 11.4. The van der Waals surface area contributed by atoms with E-state index in [4.69, 9.17) is 16.0 Å². The number of aromatic hydroxyl groups is 1. The van der Waals surface area contributed by atoms with E-state index in [1.54, 1.807) is 31.2 Å². The number of hydrogen-bond donors (Lipinski definition) is 5. The molecule has 0 aliphatic heterocycles. The van der Waals surface area contributed by atoms with Crippen molar-refractivity contribution in [2.75, 3.05) is 23.3 Å². The van der Waals surface area contributed by atoms with Gasteiger partial charge in [-0.1, -0.05) is 19.9 Å². The van der Waals surface area contributed by atoms with E-state index in [0.29, 0.717) is 16.3 Å². The molecule has 7 heteroatoms. The summed E-state index contributed by atoms with van der Waals surface area (Å²) in [5, 5.41) is 12.4. The quantitative estimate of drug-likeness (QED) is 0.308. The summed E-state index contributed by atoms with van der Waals surface area (Å²) in [4.78, 5) is 0.387. The van der Waals surface area contributed by atoms with Crippen molar-refractivity contribution in [3.63, 3.8) is 0 Å². The molecular formula is C19H31N3O3S. The Kier molecular flexibility index (Phi) is 10.4. The van der Waals surface area contributed by atoms with Crippen LogP contribution in [-0.4, -0.2) is 20.4 Å². The molecule has 0 bridgehead atoms. The second-order valence-electron chi connectivity index (χ2n) is 5.48. The monoisotopic (exact) mass is 381 g/mol. The third kappa shape index (κ3) is 6.93. The molecule has 2 rings (SSSR count). The van der Waals surface area contributed by atoms with Crippen molar-refractivity contribution in [3.8, 4) is 5.75 Å². The van der Waals surface area contributed by atoms with Crippen LogP contribution in [0.1, 0.15) is 37.5 Å². The van der Waals surface area contributed by atoms with Crippen molar-refractivity contribution in [1.29, 1.82) is 0 Å². The number of aryl methyl sites for hydroxylation is 3. The minimum absolute atomic E-state index is 0.278. The summed E-state index contributed by atoms with van der Waals surface area (Å²) in [7, 11) is 0. The molecule has 0 saturated heterocycles. The lowest BCUT2D eigenvalue weighted by atomic mass is 10.1. The highest BCUT2D eigenvalue weighted by Crippen LogP contribution is 2.27. The molecule has 0 heterocycles. The lowest BCUT2D eigenvalue weighted by Crippen LogP contribution is -2.00. The Bertz CT molecular complexity index is 749. The highest BCUT2D eigenvalue weighted by atomic mass is 32.2. The summed E-state index contributed by atoms with van der Waals surface area (Å²) < 4.78 is 19.6. The van der Waals surface area contributed by atoms with Crippen molar-refractivity contribution in [2.24, 2.45) is 0 Å². The van der Waals surface area contributed by atoms with Gasteiger partial charge in [0.15, 0.2) is 11.1 Å². The van der Waals surface area contributed by atoms with E-state index in [0.717, 1.165) is 28.9 Å². The van der Waals surface area contributed by atoms with Crippen molar-refractivity contribution < 1.29 is 13.9 Å². The zero-order chi connectivity index (χ0) is 20.4. The lowest BCUT2D eigenvalue weighted by molar-refractivity contribution is 0.471. The number of phenols is 1. The van der Waals surface area contributed by atoms with Gasteiger partial charge in [-0.15, -0.1) is 0 Å². The Morgan fingerprint density at radius 2 is 1.54 bits per heavy atom. The third-order valence-corrected chi connectivity index (χ3v) is 4.30. The van der Waals surface area contributed by atoms with Gasteiger partial charge in [0.25, 0.3) is 0 Å². The predicted octanol–water partition coefficient (Wildman–Crippen LogP) is 4.21. The molecule has 146 valence electrons. The van der Waals surface area contributed by atoms with Crippen molar-refractivity contribution in [3.05, 3.63) is 41.0 Å². The van der Waals surface area contributed by atoms with Crippen LogP contribution in [0.5, 0.6) is 5.75 Å². The first kappa shape index (κ1) is 23.8. The van der Waals surface area contributed by atoms with Crippen LogP contribution in [-0.2, 0) is 11.1 Å². The fourth-order valence-corrected chi connectivity index (χ4v) is 2.66. The van der Waals surface area contributed by atoms with E-state index >= 15 is 0 Å². The molecule has 2 aromatic rings. The maximum atomic E-state index is 10.7. The Morgan fingerprint density at radius 3 is 2.04 bits per heavy atom. The van der Waals surface area contributed by atoms with E-state index in [9.17, 15) is 9.32 Å². The molecule has 0 aromatic heterocycles. The molecule has 0 spiro atoms. The van der Waals surface area contributed by atoms with E-state index in [1.165, 1.54) is 0 Å². The molecule has 0 saturated carbocycles. The Hall–Kier alpha value is -2.25. The standard InChI is InChI=1S/C9H14N2O.C8H11NO2S.C2H6/c1-3-11-8-5-9(12)6(2)4-7(8)10;1-5-3-6(2)8(12(10)11)4-7(5)9;1-2/h4-5,11-12H,3,10H2,1-2H3;3-4H,9H2,1-2H3,(H,10,11);1-2H3. The Balaban J connectivity index is 0.000000439. The Labute approximate surface area is 158 Å². The zero-order valence-corrected chi connectivity index (χ0v) is 17.2. The van der Waals surface area contributed by atoms with Gasteiger partial charge in [0.2, 0.25) is 0 Å². The number of nitrogens with one attached hydrogen (secondary N) is 1. The van der Waals surface area contributed by atoms with E-state index in [-0.39, 0.29) is 5.75 Å². The maximum Gasteiger partial charge on any atom is 0.186 e. The van der Waals surface area contributed by atoms with E-state index in [1.807, 2.05) is 34.6 Å². The van der Waals surface area contributed by atoms with Crippen LogP contribution in [0, 0.1) is 20.8 Å². The molecule has 2 aromatic carbocycles. The Morgan fingerprint density at radius 1 is 0.962 bits per heavy atom. The van der Waals surface area contributed by atoms with Crippen molar-refractivity contribution in [2.45, 2.75) is 46.4 Å². The minimum Gasteiger partial charge on any atom is -0.508 e. The maximum absolute atomic E-state index is 10.7. The van der Waals surface area contributed by atoms with Gasteiger partial charge >= 0.3 is 0 Å². The van der Waals surface area contributed by atoms with Crippen molar-refractivity contribution >= 4 is 28.1 Å². The van der Waals surface area contributed by atoms with E-state index < -0.39 is 11.1 Å². The van der Waals surface area contributed by atoms with Crippen LogP contribution in [0.2, 0.25) is 0 Å². The molecule has 26 heavy (non-hydrogen) atoms.